The molecule has 0 saturated heterocycles. The molecule has 1 amide bonds. The molecule has 0 spiro atoms. The van der Waals surface area contributed by atoms with Crippen LogP contribution in [0.15, 0.2) is 82.6 Å². The number of amides is 1. The molecule has 0 unspecified atom stereocenters. The van der Waals surface area contributed by atoms with E-state index in [1.807, 2.05) is 0 Å². The number of nitrogens with zero attached hydrogens (tertiary/aromatic N) is 1. The number of aromatic hydroxyl groups is 1. The summed E-state index contributed by atoms with van der Waals surface area (Å²) in [5.41, 5.74) is 0.686. The lowest BCUT2D eigenvalue weighted by molar-refractivity contribution is 0.0147. The first-order chi connectivity index (χ1) is 16.8. The van der Waals surface area contributed by atoms with Gasteiger partial charge in [0, 0.05) is 11.6 Å². The average molecular weight is 532 g/mol. The van der Waals surface area contributed by atoms with E-state index in [0.717, 1.165) is 5.56 Å². The van der Waals surface area contributed by atoms with Crippen LogP contribution in [0.4, 0.5) is 4.79 Å². The largest absolute Gasteiger partial charge is 0.508 e. The predicted octanol–water partition coefficient (Wildman–Crippen LogP) is 5.39. The molecule has 0 aliphatic heterocycles. The van der Waals surface area contributed by atoms with Crippen LogP contribution < -0.4 is 0 Å². The molecule has 0 saturated carbocycles. The van der Waals surface area contributed by atoms with Gasteiger partial charge in [0.2, 0.25) is 9.84 Å². The Bertz CT molecular complexity index is 1290. The molecule has 1 atom stereocenters. The Morgan fingerprint density at radius 1 is 1.00 bits per heavy atom. The van der Waals surface area contributed by atoms with Crippen molar-refractivity contribution < 1.29 is 28.2 Å². The second-order valence-electron chi connectivity index (χ2n) is 9.39. The molecule has 3 rings (SSSR count). The van der Waals surface area contributed by atoms with Crippen molar-refractivity contribution in [3.63, 3.8) is 0 Å². The van der Waals surface area contributed by atoms with E-state index >= 15 is 0 Å². The van der Waals surface area contributed by atoms with E-state index in [0.29, 0.717) is 17.0 Å². The van der Waals surface area contributed by atoms with Gasteiger partial charge in [0.15, 0.2) is 0 Å². The average Bonchev–Trinajstić information content (AvgIpc) is 2.81. The second-order valence-corrected chi connectivity index (χ2v) is 11.8. The van der Waals surface area contributed by atoms with Gasteiger partial charge in [-0.1, -0.05) is 35.9 Å². The Morgan fingerprint density at radius 2 is 1.58 bits per heavy atom. The number of hydrogen-bond acceptors (Lipinski definition) is 6. The quantitative estimate of drug-likeness (QED) is 0.404. The van der Waals surface area contributed by atoms with Crippen LogP contribution in [0.2, 0.25) is 5.02 Å². The second kappa shape index (κ2) is 11.3. The summed E-state index contributed by atoms with van der Waals surface area (Å²) < 4.78 is 31.2. The lowest BCUT2D eigenvalue weighted by Crippen LogP contribution is -2.40. The minimum atomic E-state index is -3.73. The summed E-state index contributed by atoms with van der Waals surface area (Å²) >= 11 is 6.04. The summed E-state index contributed by atoms with van der Waals surface area (Å²) in [5, 5.41) is 20.6. The first-order valence-corrected chi connectivity index (χ1v) is 13.3. The van der Waals surface area contributed by atoms with Crippen molar-refractivity contribution in [3.8, 4) is 5.75 Å². The molecule has 192 valence electrons. The number of carbonyl (C=O) groups excluding carboxylic acids is 1. The number of phenols is 1. The number of aliphatic hydroxyl groups is 1. The van der Waals surface area contributed by atoms with Gasteiger partial charge in [0.1, 0.15) is 11.4 Å². The molecule has 3 aromatic carbocycles. The van der Waals surface area contributed by atoms with Crippen LogP contribution in [-0.2, 0) is 21.0 Å². The minimum absolute atomic E-state index is 0.00255. The van der Waals surface area contributed by atoms with Crippen LogP contribution in [-0.4, -0.2) is 48.3 Å². The van der Waals surface area contributed by atoms with Gasteiger partial charge in [0.25, 0.3) is 0 Å². The third kappa shape index (κ3) is 7.46. The molecule has 0 aliphatic rings. The summed E-state index contributed by atoms with van der Waals surface area (Å²) in [4.78, 5) is 14.5. The van der Waals surface area contributed by atoms with E-state index in [-0.39, 0.29) is 28.6 Å². The van der Waals surface area contributed by atoms with E-state index in [2.05, 4.69) is 0 Å². The number of benzene rings is 3. The van der Waals surface area contributed by atoms with Gasteiger partial charge in [0.05, 0.1) is 22.4 Å². The van der Waals surface area contributed by atoms with Crippen LogP contribution in [0.1, 0.15) is 38.0 Å². The number of phenolic OH excluding ortho intramolecular Hbond substituents is 1. The number of sulfone groups is 1. The molecule has 3 aromatic rings. The van der Waals surface area contributed by atoms with Crippen LogP contribution >= 0.6 is 11.6 Å². The van der Waals surface area contributed by atoms with Gasteiger partial charge >= 0.3 is 6.09 Å². The highest BCUT2D eigenvalue weighted by Gasteiger charge is 2.25. The molecule has 0 radical (unpaired) electrons. The van der Waals surface area contributed by atoms with Crippen molar-refractivity contribution in [2.75, 3.05) is 13.1 Å². The molecule has 0 aliphatic carbocycles. The third-order valence-corrected chi connectivity index (χ3v) is 7.35. The molecule has 0 aromatic heterocycles. The summed E-state index contributed by atoms with van der Waals surface area (Å²) in [6.45, 7) is 5.55. The molecule has 36 heavy (non-hydrogen) atoms. The van der Waals surface area contributed by atoms with Crippen molar-refractivity contribution in [2.24, 2.45) is 0 Å². The summed E-state index contributed by atoms with van der Waals surface area (Å²) in [5.74, 6) is -0.0145. The maximum Gasteiger partial charge on any atom is 0.410 e. The predicted molar refractivity (Wildman–Crippen MR) is 138 cm³/mol. The Hall–Kier alpha value is -3.07. The fourth-order valence-corrected chi connectivity index (χ4v) is 4.93. The zero-order valence-electron chi connectivity index (χ0n) is 20.4. The number of ether oxygens (including phenoxy) is 1. The van der Waals surface area contributed by atoms with Crippen molar-refractivity contribution in [1.82, 2.24) is 4.90 Å². The zero-order valence-corrected chi connectivity index (χ0v) is 22.0. The first-order valence-electron chi connectivity index (χ1n) is 11.4. The van der Waals surface area contributed by atoms with Crippen LogP contribution in [0.25, 0.3) is 0 Å². The first kappa shape index (κ1) is 27.5. The molecule has 0 fully saturated rings. The Morgan fingerprint density at radius 3 is 2.14 bits per heavy atom. The smallest absolute Gasteiger partial charge is 0.410 e. The minimum Gasteiger partial charge on any atom is -0.508 e. The SMILES string of the molecule is CC(C)(C)OC(=O)N(CCc1ccc(S(=O)(=O)c2ccc(O)cc2)cc1)C[C@@H](O)c1cccc(Cl)c1. The van der Waals surface area contributed by atoms with Crippen molar-refractivity contribution >= 4 is 27.5 Å². The number of carbonyl (C=O) groups is 1. The number of rotatable bonds is 8. The van der Waals surface area contributed by atoms with Crippen molar-refractivity contribution in [3.05, 3.63) is 88.9 Å². The number of hydrogen-bond donors (Lipinski definition) is 2. The Balaban J connectivity index is 1.73. The highest BCUT2D eigenvalue weighted by atomic mass is 35.5. The Kier molecular flexibility index (Phi) is 8.66. The van der Waals surface area contributed by atoms with Crippen molar-refractivity contribution in [2.45, 2.75) is 48.7 Å². The molecule has 0 bridgehead atoms. The number of halogens is 1. The monoisotopic (exact) mass is 531 g/mol. The molecule has 0 heterocycles. The lowest BCUT2D eigenvalue weighted by atomic mass is 10.1. The third-order valence-electron chi connectivity index (χ3n) is 5.33. The molecule has 7 nitrogen and oxygen atoms in total. The van der Waals surface area contributed by atoms with Crippen LogP contribution in [0.3, 0.4) is 0 Å². The van der Waals surface area contributed by atoms with E-state index in [1.54, 1.807) is 57.2 Å². The van der Waals surface area contributed by atoms with Gasteiger partial charge in [-0.15, -0.1) is 0 Å². The van der Waals surface area contributed by atoms with Crippen molar-refractivity contribution in [1.29, 1.82) is 0 Å². The summed E-state index contributed by atoms with van der Waals surface area (Å²) in [7, 11) is -3.73. The van der Waals surface area contributed by atoms with Gasteiger partial charge in [-0.25, -0.2) is 13.2 Å². The van der Waals surface area contributed by atoms with Gasteiger partial charge in [-0.2, -0.15) is 0 Å². The van der Waals surface area contributed by atoms with E-state index in [9.17, 15) is 23.4 Å². The summed E-state index contributed by atoms with van der Waals surface area (Å²) in [6.07, 6.45) is -1.11. The van der Waals surface area contributed by atoms with Crippen LogP contribution in [0, 0.1) is 0 Å². The zero-order chi connectivity index (χ0) is 26.5. The van der Waals surface area contributed by atoms with E-state index in [4.69, 9.17) is 16.3 Å². The molecular weight excluding hydrogens is 502 g/mol. The Labute approximate surface area is 216 Å². The molecule has 2 N–H and O–H groups in total. The molecule has 9 heteroatoms. The van der Waals surface area contributed by atoms with E-state index in [1.165, 1.54) is 41.3 Å². The van der Waals surface area contributed by atoms with Gasteiger partial charge in [-0.05, 0) is 86.8 Å². The lowest BCUT2D eigenvalue weighted by Gasteiger charge is -2.29. The van der Waals surface area contributed by atoms with Gasteiger partial charge in [-0.3, -0.25) is 0 Å². The molecular formula is C27H30ClNO6S. The fourth-order valence-electron chi connectivity index (χ4n) is 3.47. The maximum atomic E-state index is 12.8. The topological polar surface area (TPSA) is 104 Å². The summed E-state index contributed by atoms with van der Waals surface area (Å²) in [6, 6.07) is 18.6. The van der Waals surface area contributed by atoms with Crippen LogP contribution in [0.5, 0.6) is 5.75 Å². The fraction of sp³-hybridized carbons (Fsp3) is 0.296. The van der Waals surface area contributed by atoms with E-state index < -0.39 is 27.6 Å². The number of aliphatic hydroxyl groups excluding tert-OH is 1. The standard InChI is InChI=1S/C27H30ClNO6S/c1-27(2,3)35-26(32)29(18-25(31)20-5-4-6-21(28)17-20)16-15-19-7-11-23(12-8-19)36(33,34)24-13-9-22(30)10-14-24/h4-14,17,25,30-31H,15-16,18H2,1-3H3/t25-/m1/s1. The normalized spacial score (nSPS) is 12.7. The maximum absolute atomic E-state index is 12.8. The highest BCUT2D eigenvalue weighted by Crippen LogP contribution is 2.24. The highest BCUT2D eigenvalue weighted by molar-refractivity contribution is 7.91. The van der Waals surface area contributed by atoms with Gasteiger partial charge < -0.3 is 19.8 Å².